The van der Waals surface area contributed by atoms with Crippen LogP contribution < -0.4 is 9.47 Å². The quantitative estimate of drug-likeness (QED) is 0.447. The van der Waals surface area contributed by atoms with Crippen molar-refractivity contribution in [1.29, 1.82) is 0 Å². The SMILES string of the molecule is COc1ccc(Br)cc1.COc1ccc(SCC(=O)OC(C)(C)C)cc1. The number of carbonyl (C=O) groups is 1. The Balaban J connectivity index is 0.000000314. The number of hydrogen-bond donors (Lipinski definition) is 0. The predicted molar refractivity (Wildman–Crippen MR) is 110 cm³/mol. The molecule has 2 aromatic rings. The zero-order chi connectivity index (χ0) is 19.6. The van der Waals surface area contributed by atoms with Gasteiger partial charge in [-0.25, -0.2) is 0 Å². The fourth-order valence-electron chi connectivity index (χ4n) is 1.76. The van der Waals surface area contributed by atoms with Gasteiger partial charge in [0, 0.05) is 9.37 Å². The first kappa shape index (κ1) is 22.4. The molecule has 0 saturated heterocycles. The van der Waals surface area contributed by atoms with Crippen LogP contribution in [-0.4, -0.2) is 31.5 Å². The lowest BCUT2D eigenvalue weighted by atomic mass is 10.2. The molecular weight excluding hydrogens is 416 g/mol. The molecule has 4 nitrogen and oxygen atoms in total. The number of hydrogen-bond acceptors (Lipinski definition) is 5. The Kier molecular flexibility index (Phi) is 9.59. The first-order chi connectivity index (χ1) is 12.2. The second-order valence-electron chi connectivity index (χ2n) is 6.21. The van der Waals surface area contributed by atoms with Gasteiger partial charge in [-0.3, -0.25) is 4.79 Å². The molecule has 2 aromatic carbocycles. The van der Waals surface area contributed by atoms with Gasteiger partial charge < -0.3 is 14.2 Å². The normalized spacial score (nSPS) is 10.4. The molecule has 0 aliphatic heterocycles. The molecule has 142 valence electrons. The Morgan fingerprint density at radius 2 is 1.38 bits per heavy atom. The van der Waals surface area contributed by atoms with Crippen LogP contribution in [0.25, 0.3) is 0 Å². The minimum absolute atomic E-state index is 0.196. The van der Waals surface area contributed by atoms with Crippen LogP contribution >= 0.6 is 27.7 Å². The lowest BCUT2D eigenvalue weighted by Crippen LogP contribution is -2.24. The summed E-state index contributed by atoms with van der Waals surface area (Å²) >= 11 is 4.78. The Bertz CT molecular complexity index is 664. The molecule has 0 saturated carbocycles. The Labute approximate surface area is 168 Å². The number of benzene rings is 2. The lowest BCUT2D eigenvalue weighted by Gasteiger charge is -2.19. The monoisotopic (exact) mass is 440 g/mol. The molecule has 0 atom stereocenters. The minimum Gasteiger partial charge on any atom is -0.497 e. The highest BCUT2D eigenvalue weighted by molar-refractivity contribution is 9.10. The van der Waals surface area contributed by atoms with E-state index in [1.165, 1.54) is 11.8 Å². The molecule has 0 unspecified atom stereocenters. The number of methoxy groups -OCH3 is 2. The van der Waals surface area contributed by atoms with E-state index >= 15 is 0 Å². The maximum Gasteiger partial charge on any atom is 0.316 e. The van der Waals surface area contributed by atoms with Crippen LogP contribution in [0.1, 0.15) is 20.8 Å². The first-order valence-electron chi connectivity index (χ1n) is 8.02. The van der Waals surface area contributed by atoms with Crippen molar-refractivity contribution in [2.24, 2.45) is 0 Å². The summed E-state index contributed by atoms with van der Waals surface area (Å²) in [6.07, 6.45) is 0. The summed E-state index contributed by atoms with van der Waals surface area (Å²) < 4.78 is 16.3. The summed E-state index contributed by atoms with van der Waals surface area (Å²) in [5.41, 5.74) is -0.419. The minimum atomic E-state index is -0.419. The van der Waals surface area contributed by atoms with Crippen molar-refractivity contribution >= 4 is 33.7 Å². The summed E-state index contributed by atoms with van der Waals surface area (Å²) in [6.45, 7) is 5.59. The van der Waals surface area contributed by atoms with E-state index in [2.05, 4.69) is 15.9 Å². The van der Waals surface area contributed by atoms with Crippen LogP contribution in [0.15, 0.2) is 57.9 Å². The molecule has 0 aliphatic carbocycles. The zero-order valence-corrected chi connectivity index (χ0v) is 18.1. The summed E-state index contributed by atoms with van der Waals surface area (Å²) in [6, 6.07) is 15.3. The van der Waals surface area contributed by atoms with Crippen LogP contribution in [0.4, 0.5) is 0 Å². The van der Waals surface area contributed by atoms with Gasteiger partial charge >= 0.3 is 5.97 Å². The van der Waals surface area contributed by atoms with E-state index in [9.17, 15) is 4.79 Å². The van der Waals surface area contributed by atoms with Gasteiger partial charge in [0.25, 0.3) is 0 Å². The van der Waals surface area contributed by atoms with Gasteiger partial charge in [-0.2, -0.15) is 0 Å². The van der Waals surface area contributed by atoms with Gasteiger partial charge in [0.15, 0.2) is 0 Å². The van der Waals surface area contributed by atoms with E-state index < -0.39 is 5.60 Å². The first-order valence-corrected chi connectivity index (χ1v) is 9.79. The highest BCUT2D eigenvalue weighted by Crippen LogP contribution is 2.22. The lowest BCUT2D eigenvalue weighted by molar-refractivity contribution is -0.151. The number of ether oxygens (including phenoxy) is 3. The molecular formula is C20H25BrO4S. The van der Waals surface area contributed by atoms with Crippen molar-refractivity contribution in [2.45, 2.75) is 31.3 Å². The third-order valence-corrected chi connectivity index (χ3v) is 4.40. The van der Waals surface area contributed by atoms with Gasteiger partial charge in [0.05, 0.1) is 20.0 Å². The van der Waals surface area contributed by atoms with E-state index in [1.807, 2.05) is 69.3 Å². The highest BCUT2D eigenvalue weighted by atomic mass is 79.9. The second-order valence-corrected chi connectivity index (χ2v) is 8.17. The summed E-state index contributed by atoms with van der Waals surface area (Å²) in [4.78, 5) is 12.5. The van der Waals surface area contributed by atoms with Gasteiger partial charge in [-0.05, 0) is 69.3 Å². The maximum atomic E-state index is 11.5. The van der Waals surface area contributed by atoms with Gasteiger partial charge in [0.1, 0.15) is 17.1 Å². The van der Waals surface area contributed by atoms with Gasteiger partial charge in [0.2, 0.25) is 0 Å². The largest absolute Gasteiger partial charge is 0.497 e. The van der Waals surface area contributed by atoms with E-state index in [-0.39, 0.29) is 5.97 Å². The average Bonchev–Trinajstić information content (AvgIpc) is 2.60. The summed E-state index contributed by atoms with van der Waals surface area (Å²) in [5, 5.41) is 0. The third-order valence-electron chi connectivity index (χ3n) is 2.89. The van der Waals surface area contributed by atoms with E-state index in [0.29, 0.717) is 5.75 Å². The molecule has 0 radical (unpaired) electrons. The van der Waals surface area contributed by atoms with E-state index in [0.717, 1.165) is 20.9 Å². The van der Waals surface area contributed by atoms with Crippen LogP contribution in [0.3, 0.4) is 0 Å². The highest BCUT2D eigenvalue weighted by Gasteiger charge is 2.16. The molecule has 0 amide bonds. The number of esters is 1. The molecule has 0 fully saturated rings. The molecule has 0 bridgehead atoms. The second kappa shape index (κ2) is 11.1. The van der Waals surface area contributed by atoms with Crippen LogP contribution in [0.2, 0.25) is 0 Å². The Hall–Kier alpha value is -1.66. The number of carbonyl (C=O) groups excluding carboxylic acids is 1. The topological polar surface area (TPSA) is 44.8 Å². The van der Waals surface area contributed by atoms with E-state index in [4.69, 9.17) is 14.2 Å². The molecule has 26 heavy (non-hydrogen) atoms. The van der Waals surface area contributed by atoms with Gasteiger partial charge in [-0.15, -0.1) is 11.8 Å². The fraction of sp³-hybridized carbons (Fsp3) is 0.350. The fourth-order valence-corrected chi connectivity index (χ4v) is 2.69. The maximum absolute atomic E-state index is 11.5. The standard InChI is InChI=1S/C13H18O3S.C7H7BrO/c1-13(2,3)16-12(14)9-17-11-7-5-10(15-4)6-8-11;1-9-7-4-2-6(8)3-5-7/h5-8H,9H2,1-4H3;2-5H,1H3. The third kappa shape index (κ3) is 9.73. The number of rotatable bonds is 5. The molecule has 0 spiro atoms. The Morgan fingerprint density at radius 1 is 0.923 bits per heavy atom. The molecule has 0 heterocycles. The predicted octanol–water partition coefficient (Wildman–Crippen LogP) is 5.59. The number of thioether (sulfide) groups is 1. The van der Waals surface area contributed by atoms with Crippen molar-refractivity contribution in [3.63, 3.8) is 0 Å². The molecule has 6 heteroatoms. The average molecular weight is 441 g/mol. The van der Waals surface area contributed by atoms with E-state index in [1.54, 1.807) is 14.2 Å². The van der Waals surface area contributed by atoms with Crippen molar-refractivity contribution in [3.8, 4) is 11.5 Å². The van der Waals surface area contributed by atoms with Gasteiger partial charge in [-0.1, -0.05) is 15.9 Å². The molecule has 0 aliphatic rings. The summed E-state index contributed by atoms with van der Waals surface area (Å²) in [5.74, 6) is 1.83. The van der Waals surface area contributed by atoms with Crippen molar-refractivity contribution in [3.05, 3.63) is 53.0 Å². The number of halogens is 1. The van der Waals surface area contributed by atoms with Crippen LogP contribution in [0, 0.1) is 0 Å². The smallest absolute Gasteiger partial charge is 0.316 e. The van der Waals surface area contributed by atoms with Crippen molar-refractivity contribution in [1.82, 2.24) is 0 Å². The Morgan fingerprint density at radius 3 is 1.81 bits per heavy atom. The zero-order valence-electron chi connectivity index (χ0n) is 15.7. The summed E-state index contributed by atoms with van der Waals surface area (Å²) in [7, 11) is 3.28. The van der Waals surface area contributed by atoms with Crippen LogP contribution in [0.5, 0.6) is 11.5 Å². The van der Waals surface area contributed by atoms with Crippen molar-refractivity contribution < 1.29 is 19.0 Å². The molecule has 2 rings (SSSR count). The van der Waals surface area contributed by atoms with Crippen LogP contribution in [-0.2, 0) is 9.53 Å². The van der Waals surface area contributed by atoms with Crippen molar-refractivity contribution in [2.75, 3.05) is 20.0 Å². The molecule has 0 aromatic heterocycles. The molecule has 0 N–H and O–H groups in total.